The molecule has 0 spiro atoms. The first-order chi connectivity index (χ1) is 6.98. The zero-order valence-corrected chi connectivity index (χ0v) is 9.22. The van der Waals surface area contributed by atoms with Gasteiger partial charge in [0, 0.05) is 21.8 Å². The predicted octanol–water partition coefficient (Wildman–Crippen LogP) is 2.35. The second-order valence-corrected chi connectivity index (χ2v) is 5.71. The van der Waals surface area contributed by atoms with Gasteiger partial charge >= 0.3 is 0 Å². The van der Waals surface area contributed by atoms with E-state index in [1.54, 1.807) is 30.3 Å². The summed E-state index contributed by atoms with van der Waals surface area (Å²) in [6.07, 6.45) is 0. The summed E-state index contributed by atoms with van der Waals surface area (Å²) in [6.45, 7) is 0. The number of fused-ring (bicyclic) bond motifs is 1. The molecule has 0 saturated heterocycles. The molecule has 5 heteroatoms. The van der Waals surface area contributed by atoms with Crippen molar-refractivity contribution in [1.29, 1.82) is 0 Å². The molecule has 0 amide bonds. The predicted molar refractivity (Wildman–Crippen MR) is 61.4 cm³/mol. The summed E-state index contributed by atoms with van der Waals surface area (Å²) < 4.78 is 22.5. The number of hydrogen-bond donors (Lipinski definition) is 1. The van der Waals surface area contributed by atoms with Gasteiger partial charge in [0.2, 0.25) is 0 Å². The van der Waals surface area contributed by atoms with Crippen LogP contribution in [-0.4, -0.2) is 8.42 Å². The largest absolute Gasteiger partial charge is 0.399 e. The fraction of sp³-hybridized carbons (Fsp3) is 0. The van der Waals surface area contributed by atoms with Crippen molar-refractivity contribution in [3.63, 3.8) is 0 Å². The number of nitrogens with two attached hydrogens (primary N) is 1. The highest BCUT2D eigenvalue weighted by Gasteiger charge is 2.13. The number of benzene rings is 2. The van der Waals surface area contributed by atoms with Gasteiger partial charge in [0.25, 0.3) is 9.05 Å². The standard InChI is InChI=1S/C10H8ClNO2S/c11-15(13,14)10-3-1-2-7-6-8(12)4-5-9(7)10/h1-6H,12H2. The molecule has 2 aromatic carbocycles. The molecule has 2 N–H and O–H groups in total. The van der Waals surface area contributed by atoms with Crippen molar-refractivity contribution in [1.82, 2.24) is 0 Å². The highest BCUT2D eigenvalue weighted by molar-refractivity contribution is 8.14. The van der Waals surface area contributed by atoms with Crippen LogP contribution in [0.25, 0.3) is 10.8 Å². The number of rotatable bonds is 1. The molecule has 0 radical (unpaired) electrons. The van der Waals surface area contributed by atoms with Crippen molar-refractivity contribution >= 4 is 36.2 Å². The van der Waals surface area contributed by atoms with Gasteiger partial charge < -0.3 is 5.73 Å². The van der Waals surface area contributed by atoms with Crippen LogP contribution < -0.4 is 5.73 Å². The molecule has 78 valence electrons. The Balaban J connectivity index is 2.89. The van der Waals surface area contributed by atoms with Gasteiger partial charge in [-0.3, -0.25) is 0 Å². The van der Waals surface area contributed by atoms with Crippen LogP contribution >= 0.6 is 10.7 Å². The van der Waals surface area contributed by atoms with Gasteiger partial charge in [-0.05, 0) is 23.6 Å². The molecule has 0 bridgehead atoms. The Morgan fingerprint density at radius 2 is 1.87 bits per heavy atom. The van der Waals surface area contributed by atoms with E-state index in [9.17, 15) is 8.42 Å². The normalized spacial score (nSPS) is 11.8. The van der Waals surface area contributed by atoms with Crippen molar-refractivity contribution in [2.24, 2.45) is 0 Å². The smallest absolute Gasteiger partial charge is 0.261 e. The van der Waals surface area contributed by atoms with Gasteiger partial charge in [0.05, 0.1) is 4.90 Å². The molecule has 0 atom stereocenters. The molecule has 0 aliphatic rings. The summed E-state index contributed by atoms with van der Waals surface area (Å²) >= 11 is 0. The Labute approximate surface area is 91.9 Å². The topological polar surface area (TPSA) is 60.2 Å². The number of halogens is 1. The van der Waals surface area contributed by atoms with Gasteiger partial charge in [-0.15, -0.1) is 0 Å². The van der Waals surface area contributed by atoms with Gasteiger partial charge in [-0.25, -0.2) is 8.42 Å². The molecule has 0 aliphatic carbocycles. The van der Waals surface area contributed by atoms with E-state index in [1.807, 2.05) is 0 Å². The Morgan fingerprint density at radius 3 is 2.53 bits per heavy atom. The van der Waals surface area contributed by atoms with Crippen molar-refractivity contribution in [2.75, 3.05) is 5.73 Å². The van der Waals surface area contributed by atoms with Crippen LogP contribution in [0.5, 0.6) is 0 Å². The fourth-order valence-corrected chi connectivity index (χ4v) is 2.58. The highest BCUT2D eigenvalue weighted by Crippen LogP contribution is 2.26. The Bertz CT molecular complexity index is 622. The maximum Gasteiger partial charge on any atom is 0.261 e. The first-order valence-electron chi connectivity index (χ1n) is 4.21. The zero-order chi connectivity index (χ0) is 11.1. The molecule has 0 saturated carbocycles. The summed E-state index contributed by atoms with van der Waals surface area (Å²) in [4.78, 5) is 0.113. The lowest BCUT2D eigenvalue weighted by Crippen LogP contribution is -1.92. The molecular weight excluding hydrogens is 234 g/mol. The van der Waals surface area contributed by atoms with Crippen LogP contribution in [0, 0.1) is 0 Å². The van der Waals surface area contributed by atoms with E-state index in [0.29, 0.717) is 11.1 Å². The molecule has 0 fully saturated rings. The van der Waals surface area contributed by atoms with Crippen LogP contribution in [0.2, 0.25) is 0 Å². The molecule has 0 unspecified atom stereocenters. The maximum absolute atomic E-state index is 11.3. The Hall–Kier alpha value is -1.26. The molecule has 0 heterocycles. The quantitative estimate of drug-likeness (QED) is 0.616. The zero-order valence-electron chi connectivity index (χ0n) is 7.64. The number of hydrogen-bond acceptors (Lipinski definition) is 3. The van der Waals surface area contributed by atoms with Crippen LogP contribution in [-0.2, 0) is 9.05 Å². The van der Waals surface area contributed by atoms with Crippen LogP contribution in [0.3, 0.4) is 0 Å². The van der Waals surface area contributed by atoms with Crippen molar-refractivity contribution in [3.05, 3.63) is 36.4 Å². The summed E-state index contributed by atoms with van der Waals surface area (Å²) in [5, 5.41) is 1.35. The first kappa shape index (κ1) is 10.3. The van der Waals surface area contributed by atoms with E-state index < -0.39 is 9.05 Å². The second kappa shape index (κ2) is 3.40. The Morgan fingerprint density at radius 1 is 1.13 bits per heavy atom. The lowest BCUT2D eigenvalue weighted by molar-refractivity contribution is 0.610. The van der Waals surface area contributed by atoms with Gasteiger partial charge in [-0.2, -0.15) is 0 Å². The SMILES string of the molecule is Nc1ccc2c(S(=O)(=O)Cl)cccc2c1. The number of nitrogen functional groups attached to an aromatic ring is 1. The molecule has 0 aromatic heterocycles. The molecule has 15 heavy (non-hydrogen) atoms. The number of anilines is 1. The van der Waals surface area contributed by atoms with Crippen LogP contribution in [0.15, 0.2) is 41.3 Å². The third-order valence-electron chi connectivity index (χ3n) is 2.13. The summed E-state index contributed by atoms with van der Waals surface area (Å²) in [6, 6.07) is 9.91. The van der Waals surface area contributed by atoms with E-state index in [1.165, 1.54) is 6.07 Å². The lowest BCUT2D eigenvalue weighted by atomic mass is 10.1. The Kier molecular flexibility index (Phi) is 2.32. The molecule has 0 aliphatic heterocycles. The highest BCUT2D eigenvalue weighted by atomic mass is 35.7. The minimum Gasteiger partial charge on any atom is -0.399 e. The van der Waals surface area contributed by atoms with Crippen molar-refractivity contribution < 1.29 is 8.42 Å². The van der Waals surface area contributed by atoms with Crippen molar-refractivity contribution in [2.45, 2.75) is 4.90 Å². The van der Waals surface area contributed by atoms with E-state index in [0.717, 1.165) is 5.39 Å². The third kappa shape index (κ3) is 1.91. The summed E-state index contributed by atoms with van der Waals surface area (Å²) in [7, 11) is 1.61. The van der Waals surface area contributed by atoms with Crippen LogP contribution in [0.1, 0.15) is 0 Å². The summed E-state index contributed by atoms with van der Waals surface area (Å²) in [5.41, 5.74) is 6.19. The average molecular weight is 242 g/mol. The second-order valence-electron chi connectivity index (χ2n) is 3.17. The minimum atomic E-state index is -3.71. The van der Waals surface area contributed by atoms with Gasteiger partial charge in [-0.1, -0.05) is 18.2 Å². The monoisotopic (exact) mass is 241 g/mol. The van der Waals surface area contributed by atoms with Gasteiger partial charge in [0.15, 0.2) is 0 Å². The van der Waals surface area contributed by atoms with Gasteiger partial charge in [0.1, 0.15) is 0 Å². The maximum atomic E-state index is 11.3. The molecule has 2 rings (SSSR count). The van der Waals surface area contributed by atoms with Crippen LogP contribution in [0.4, 0.5) is 5.69 Å². The molecule has 2 aromatic rings. The van der Waals surface area contributed by atoms with Crippen molar-refractivity contribution in [3.8, 4) is 0 Å². The minimum absolute atomic E-state index is 0.113. The van der Waals surface area contributed by atoms with E-state index >= 15 is 0 Å². The first-order valence-corrected chi connectivity index (χ1v) is 6.52. The third-order valence-corrected chi connectivity index (χ3v) is 3.51. The van der Waals surface area contributed by atoms with E-state index in [2.05, 4.69) is 0 Å². The summed E-state index contributed by atoms with van der Waals surface area (Å²) in [5.74, 6) is 0. The van der Waals surface area contributed by atoms with E-state index in [4.69, 9.17) is 16.4 Å². The average Bonchev–Trinajstić information content (AvgIpc) is 2.15. The molecular formula is C10H8ClNO2S. The fourth-order valence-electron chi connectivity index (χ4n) is 1.49. The molecule has 3 nitrogen and oxygen atoms in total. The van der Waals surface area contributed by atoms with E-state index in [-0.39, 0.29) is 4.90 Å². The lowest BCUT2D eigenvalue weighted by Gasteiger charge is -2.03.